The molecule has 1 aliphatic rings. The third-order valence-electron chi connectivity index (χ3n) is 1.90. The Hall–Kier alpha value is -1.10. The maximum absolute atomic E-state index is 11.1. The molecule has 5 nitrogen and oxygen atoms in total. The maximum atomic E-state index is 11.1. The molecule has 0 radical (unpaired) electrons. The van der Waals surface area contributed by atoms with E-state index in [2.05, 4.69) is 15.2 Å². The highest BCUT2D eigenvalue weighted by Crippen LogP contribution is 2.09. The normalized spacial score (nSPS) is 27.2. The van der Waals surface area contributed by atoms with Crippen molar-refractivity contribution in [2.75, 3.05) is 21.2 Å². The Morgan fingerprint density at radius 2 is 2.50 bits per heavy atom. The number of esters is 1. The topological polar surface area (TPSA) is 53.9 Å². The number of rotatable bonds is 1. The number of hydrogen-bond donors (Lipinski definition) is 1. The Balaban J connectivity index is 2.63. The number of methoxy groups -OCH3 is 1. The predicted molar refractivity (Wildman–Crippen MR) is 44.7 cm³/mol. The molecule has 1 N–H and O–H groups in total. The van der Waals surface area contributed by atoms with E-state index in [9.17, 15) is 4.79 Å². The van der Waals surface area contributed by atoms with E-state index in [-0.39, 0.29) is 12.0 Å². The van der Waals surface area contributed by atoms with Crippen molar-refractivity contribution in [2.45, 2.75) is 12.5 Å². The molecule has 1 atom stereocenters. The molecule has 0 aromatic carbocycles. The molecule has 0 aliphatic carbocycles. The van der Waals surface area contributed by atoms with Crippen LogP contribution in [0.25, 0.3) is 0 Å². The number of likely N-dealkylation sites (N-methyl/N-ethyl adjacent to an activating group) is 1. The number of aliphatic imine (C=N–C) groups is 1. The summed E-state index contributed by atoms with van der Waals surface area (Å²) >= 11 is 0. The molecule has 0 saturated carbocycles. The van der Waals surface area contributed by atoms with E-state index >= 15 is 0 Å². The Labute approximate surface area is 71.4 Å². The van der Waals surface area contributed by atoms with Gasteiger partial charge in [-0.25, -0.2) is 5.01 Å². The van der Waals surface area contributed by atoms with Gasteiger partial charge >= 0.3 is 5.97 Å². The lowest BCUT2D eigenvalue weighted by atomic mass is 10.2. The molecule has 0 aromatic rings. The molecule has 1 fully saturated rings. The van der Waals surface area contributed by atoms with Crippen molar-refractivity contribution in [3.8, 4) is 0 Å². The van der Waals surface area contributed by atoms with Crippen LogP contribution in [-0.4, -0.2) is 44.1 Å². The average Bonchev–Trinajstić information content (AvgIpc) is 2.45. The van der Waals surface area contributed by atoms with Crippen molar-refractivity contribution in [3.05, 3.63) is 0 Å². The first-order valence-corrected chi connectivity index (χ1v) is 3.72. The molecule has 0 spiro atoms. The van der Waals surface area contributed by atoms with Crippen molar-refractivity contribution < 1.29 is 9.53 Å². The molecule has 1 saturated heterocycles. The van der Waals surface area contributed by atoms with E-state index in [0.717, 1.165) is 5.84 Å². The minimum Gasteiger partial charge on any atom is -0.468 e. The molecule has 1 heterocycles. The van der Waals surface area contributed by atoms with Crippen LogP contribution in [0, 0.1) is 0 Å². The number of carbonyl (C=O) groups is 1. The van der Waals surface area contributed by atoms with E-state index in [4.69, 9.17) is 0 Å². The van der Waals surface area contributed by atoms with E-state index in [1.54, 1.807) is 19.1 Å². The van der Waals surface area contributed by atoms with Gasteiger partial charge < -0.3 is 10.2 Å². The average molecular weight is 171 g/mol. The quantitative estimate of drug-likeness (QED) is 0.535. The lowest BCUT2D eigenvalue weighted by Gasteiger charge is -2.15. The van der Waals surface area contributed by atoms with Gasteiger partial charge in [0.2, 0.25) is 0 Å². The second kappa shape index (κ2) is 3.53. The molecule has 68 valence electrons. The lowest BCUT2D eigenvalue weighted by Crippen LogP contribution is -2.39. The SMILES string of the molecule is CN=C1CC(C(=O)OC)N(C)N1. The highest BCUT2D eigenvalue weighted by atomic mass is 16.5. The number of nitrogens with one attached hydrogen (secondary N) is 1. The molecule has 0 bridgehead atoms. The summed E-state index contributed by atoms with van der Waals surface area (Å²) in [4.78, 5) is 15.1. The summed E-state index contributed by atoms with van der Waals surface area (Å²) in [5.74, 6) is 0.580. The molecular weight excluding hydrogens is 158 g/mol. The lowest BCUT2D eigenvalue weighted by molar-refractivity contribution is -0.145. The van der Waals surface area contributed by atoms with Crippen LogP contribution in [0.2, 0.25) is 0 Å². The molecule has 12 heavy (non-hydrogen) atoms. The molecule has 5 heteroatoms. The highest BCUT2D eigenvalue weighted by molar-refractivity contribution is 5.91. The van der Waals surface area contributed by atoms with E-state index in [1.165, 1.54) is 7.11 Å². The largest absolute Gasteiger partial charge is 0.468 e. The zero-order valence-electron chi connectivity index (χ0n) is 7.50. The highest BCUT2D eigenvalue weighted by Gasteiger charge is 2.32. The third-order valence-corrected chi connectivity index (χ3v) is 1.90. The maximum Gasteiger partial charge on any atom is 0.325 e. The van der Waals surface area contributed by atoms with Gasteiger partial charge in [0.15, 0.2) is 0 Å². The van der Waals surface area contributed by atoms with Gasteiger partial charge in [0, 0.05) is 20.5 Å². The summed E-state index contributed by atoms with van der Waals surface area (Å²) in [6.07, 6.45) is 0.597. The van der Waals surface area contributed by atoms with Crippen LogP contribution in [0.4, 0.5) is 0 Å². The number of nitrogens with zero attached hydrogens (tertiary/aromatic N) is 2. The zero-order chi connectivity index (χ0) is 9.14. The number of amidine groups is 1. The summed E-state index contributed by atoms with van der Waals surface area (Å²) in [5.41, 5.74) is 2.95. The van der Waals surface area contributed by atoms with Crippen LogP contribution in [0.3, 0.4) is 0 Å². The van der Waals surface area contributed by atoms with Crippen LogP contribution >= 0.6 is 0 Å². The van der Waals surface area contributed by atoms with Crippen molar-refractivity contribution in [1.82, 2.24) is 10.4 Å². The molecule has 1 unspecified atom stereocenters. The Morgan fingerprint density at radius 1 is 1.83 bits per heavy atom. The van der Waals surface area contributed by atoms with Crippen LogP contribution in [0.1, 0.15) is 6.42 Å². The first-order chi connectivity index (χ1) is 5.69. The second-order valence-electron chi connectivity index (χ2n) is 2.64. The van der Waals surface area contributed by atoms with Gasteiger partial charge in [0.05, 0.1) is 7.11 Å². The predicted octanol–water partition coefficient (Wildman–Crippen LogP) is -0.604. The van der Waals surface area contributed by atoms with E-state index in [1.807, 2.05) is 0 Å². The van der Waals surface area contributed by atoms with Gasteiger partial charge in [-0.2, -0.15) is 0 Å². The fourth-order valence-corrected chi connectivity index (χ4v) is 1.17. The summed E-state index contributed by atoms with van der Waals surface area (Å²) in [5, 5.41) is 1.70. The number of hydrazine groups is 1. The smallest absolute Gasteiger partial charge is 0.325 e. The fraction of sp³-hybridized carbons (Fsp3) is 0.714. The van der Waals surface area contributed by atoms with Gasteiger partial charge in [-0.1, -0.05) is 0 Å². The Bertz CT molecular complexity index is 215. The molecule has 1 aliphatic heterocycles. The molecule has 0 amide bonds. The Kier molecular flexibility index (Phi) is 2.65. The summed E-state index contributed by atoms with van der Waals surface area (Å²) < 4.78 is 4.62. The Morgan fingerprint density at radius 3 is 2.92 bits per heavy atom. The summed E-state index contributed by atoms with van der Waals surface area (Å²) in [6, 6.07) is -0.242. The number of hydrogen-bond acceptors (Lipinski definition) is 4. The van der Waals surface area contributed by atoms with Crippen molar-refractivity contribution in [2.24, 2.45) is 4.99 Å². The first kappa shape index (κ1) is 8.99. The first-order valence-electron chi connectivity index (χ1n) is 3.72. The van der Waals surface area contributed by atoms with Crippen LogP contribution < -0.4 is 5.43 Å². The van der Waals surface area contributed by atoms with Gasteiger partial charge in [0.25, 0.3) is 0 Å². The minimum absolute atomic E-state index is 0.233. The van der Waals surface area contributed by atoms with Crippen LogP contribution in [0.5, 0.6) is 0 Å². The van der Waals surface area contributed by atoms with Crippen molar-refractivity contribution in [1.29, 1.82) is 0 Å². The molecular formula is C7H13N3O2. The number of ether oxygens (including phenoxy) is 1. The van der Waals surface area contributed by atoms with Gasteiger partial charge in [0.1, 0.15) is 11.9 Å². The molecule has 0 aromatic heterocycles. The summed E-state index contributed by atoms with van der Waals surface area (Å²) in [6.45, 7) is 0. The fourth-order valence-electron chi connectivity index (χ4n) is 1.17. The summed E-state index contributed by atoms with van der Waals surface area (Å²) in [7, 11) is 4.87. The third kappa shape index (κ3) is 1.55. The van der Waals surface area contributed by atoms with Crippen molar-refractivity contribution in [3.63, 3.8) is 0 Å². The van der Waals surface area contributed by atoms with Crippen molar-refractivity contribution >= 4 is 11.8 Å². The molecule has 1 rings (SSSR count). The monoisotopic (exact) mass is 171 g/mol. The van der Waals surface area contributed by atoms with Gasteiger partial charge in [-0.05, 0) is 0 Å². The van der Waals surface area contributed by atoms with Gasteiger partial charge in [-0.15, -0.1) is 0 Å². The van der Waals surface area contributed by atoms with E-state index < -0.39 is 0 Å². The van der Waals surface area contributed by atoms with Gasteiger partial charge in [-0.3, -0.25) is 9.79 Å². The van der Waals surface area contributed by atoms with Crippen LogP contribution in [0.15, 0.2) is 4.99 Å². The number of carbonyl (C=O) groups excluding carboxylic acids is 1. The van der Waals surface area contributed by atoms with Crippen LogP contribution in [-0.2, 0) is 9.53 Å². The zero-order valence-corrected chi connectivity index (χ0v) is 7.50. The minimum atomic E-state index is -0.242. The standard InChI is InChI=1S/C7H13N3O2/c1-8-6-4-5(7(11)12-3)10(2)9-6/h5H,4H2,1-3H3,(H,8,9). The second-order valence-corrected chi connectivity index (χ2v) is 2.64. The van der Waals surface area contributed by atoms with E-state index in [0.29, 0.717) is 6.42 Å².